The summed E-state index contributed by atoms with van der Waals surface area (Å²) in [7, 11) is 0. The van der Waals surface area contributed by atoms with Crippen molar-refractivity contribution in [2.75, 3.05) is 26.3 Å². The Morgan fingerprint density at radius 3 is 2.62 bits per heavy atom. The Morgan fingerprint density at radius 2 is 1.79 bits per heavy atom. The quantitative estimate of drug-likeness (QED) is 0.178. The Hall–Kier alpha value is -2.94. The van der Waals surface area contributed by atoms with Crippen LogP contribution in [0.4, 0.5) is 0 Å². The van der Waals surface area contributed by atoms with Crippen LogP contribution in [0.3, 0.4) is 0 Å². The molecule has 0 aromatic heterocycles. The molecule has 0 bridgehead atoms. The van der Waals surface area contributed by atoms with E-state index in [1.54, 1.807) is 0 Å². The molecule has 2 heterocycles. The first-order chi connectivity index (χ1) is 20.6. The Balaban J connectivity index is 1.12. The molecule has 3 aliphatic rings. The van der Waals surface area contributed by atoms with Gasteiger partial charge < -0.3 is 14.8 Å². The molecule has 2 N–H and O–H groups in total. The van der Waals surface area contributed by atoms with Crippen LogP contribution in [0.15, 0.2) is 54.1 Å². The fourth-order valence-corrected chi connectivity index (χ4v) is 6.29. The molecule has 0 spiro atoms. The third kappa shape index (κ3) is 9.28. The number of hydrogen-bond donors (Lipinski definition) is 2. The molecule has 2 amide bonds. The minimum Gasteiger partial charge on any atom is -0.489 e. The maximum Gasteiger partial charge on any atom is 0.250 e. The number of amides is 2. The van der Waals surface area contributed by atoms with Gasteiger partial charge in [0.05, 0.1) is 5.57 Å². The lowest BCUT2D eigenvalue weighted by Crippen LogP contribution is -2.41. The standard InChI is InChI=1S/C34H47N3O5/c38-32(36-42-33-17-9-10-22-40-33)16-6-1-3-13-28(25-41-31-19-18-26-11-7-8-12-27(26)23-31)34(39)35-29-20-21-37(24-29)30-14-4-2-5-15-30/h7-8,11-13,18-19,23,29-30,33H,1-6,9-10,14-17,20-22,24-25H2,(H,35,39)(H,36,38). The van der Waals surface area contributed by atoms with E-state index in [2.05, 4.69) is 27.8 Å². The van der Waals surface area contributed by atoms with E-state index in [4.69, 9.17) is 14.3 Å². The minimum atomic E-state index is -0.344. The number of nitrogens with one attached hydrogen (secondary N) is 2. The number of hydroxylamine groups is 1. The van der Waals surface area contributed by atoms with Crippen LogP contribution in [-0.2, 0) is 19.2 Å². The predicted octanol–water partition coefficient (Wildman–Crippen LogP) is 5.80. The van der Waals surface area contributed by atoms with E-state index in [1.165, 1.54) is 32.1 Å². The summed E-state index contributed by atoms with van der Waals surface area (Å²) in [5.41, 5.74) is 3.16. The number of hydrogen-bond acceptors (Lipinski definition) is 6. The Labute approximate surface area is 250 Å². The van der Waals surface area contributed by atoms with Crippen molar-refractivity contribution in [2.24, 2.45) is 0 Å². The van der Waals surface area contributed by atoms with E-state index in [9.17, 15) is 9.59 Å². The van der Waals surface area contributed by atoms with E-state index in [0.29, 0.717) is 37.5 Å². The van der Waals surface area contributed by atoms with Gasteiger partial charge in [-0.2, -0.15) is 0 Å². The SMILES string of the molecule is O=C(CCCCC=C(COc1ccc2ccccc2c1)C(=O)NC1CCN(C2CCCCC2)C1)NOC1CCCCO1. The lowest BCUT2D eigenvalue weighted by Gasteiger charge is -2.31. The number of carbonyl (C=O) groups excluding carboxylic acids is 2. The van der Waals surface area contributed by atoms with Gasteiger partial charge in [-0.3, -0.25) is 14.5 Å². The van der Waals surface area contributed by atoms with Crippen molar-refractivity contribution in [3.8, 4) is 5.75 Å². The van der Waals surface area contributed by atoms with Crippen molar-refractivity contribution < 1.29 is 23.9 Å². The number of ether oxygens (including phenoxy) is 2. The Morgan fingerprint density at radius 1 is 0.952 bits per heavy atom. The molecule has 2 saturated heterocycles. The highest BCUT2D eigenvalue weighted by Gasteiger charge is 2.30. The smallest absolute Gasteiger partial charge is 0.250 e. The van der Waals surface area contributed by atoms with E-state index in [1.807, 2.05) is 36.4 Å². The summed E-state index contributed by atoms with van der Waals surface area (Å²) in [4.78, 5) is 33.6. The third-order valence-corrected chi connectivity index (χ3v) is 8.74. The zero-order chi connectivity index (χ0) is 29.0. The summed E-state index contributed by atoms with van der Waals surface area (Å²) in [6.45, 7) is 2.87. The summed E-state index contributed by atoms with van der Waals surface area (Å²) in [5.74, 6) is 0.551. The number of likely N-dealkylation sites (tertiary alicyclic amines) is 1. The molecule has 3 fully saturated rings. The van der Waals surface area contributed by atoms with E-state index < -0.39 is 0 Å². The molecule has 2 aliphatic heterocycles. The highest BCUT2D eigenvalue weighted by atomic mass is 16.8. The first-order valence-corrected chi connectivity index (χ1v) is 16.1. The molecular formula is C34H47N3O5. The summed E-state index contributed by atoms with van der Waals surface area (Å²) < 4.78 is 11.6. The highest BCUT2D eigenvalue weighted by Crippen LogP contribution is 2.26. The molecular weight excluding hydrogens is 530 g/mol. The van der Waals surface area contributed by atoms with Gasteiger partial charge in [0.1, 0.15) is 12.4 Å². The third-order valence-electron chi connectivity index (χ3n) is 8.74. The Kier molecular flexibility index (Phi) is 11.7. The van der Waals surface area contributed by atoms with Gasteiger partial charge in [-0.25, -0.2) is 10.3 Å². The minimum absolute atomic E-state index is 0.0510. The molecule has 1 aliphatic carbocycles. The van der Waals surface area contributed by atoms with Crippen molar-refractivity contribution in [1.82, 2.24) is 15.7 Å². The van der Waals surface area contributed by atoms with Gasteiger partial charge >= 0.3 is 0 Å². The molecule has 42 heavy (non-hydrogen) atoms. The van der Waals surface area contributed by atoms with Gasteiger partial charge in [-0.05, 0) is 74.3 Å². The molecule has 2 aromatic rings. The van der Waals surface area contributed by atoms with Crippen molar-refractivity contribution in [2.45, 2.75) is 102 Å². The fraction of sp³-hybridized carbons (Fsp3) is 0.588. The van der Waals surface area contributed by atoms with E-state index >= 15 is 0 Å². The highest BCUT2D eigenvalue weighted by molar-refractivity contribution is 5.94. The van der Waals surface area contributed by atoms with E-state index in [-0.39, 0.29) is 30.8 Å². The molecule has 5 rings (SSSR count). The van der Waals surface area contributed by atoms with Gasteiger partial charge in [-0.1, -0.05) is 55.7 Å². The molecule has 8 nitrogen and oxygen atoms in total. The number of benzene rings is 2. The number of rotatable bonds is 13. The molecule has 0 radical (unpaired) electrons. The number of nitrogens with zero attached hydrogens (tertiary/aromatic N) is 1. The summed E-state index contributed by atoms with van der Waals surface area (Å²) in [5, 5.41) is 5.56. The summed E-state index contributed by atoms with van der Waals surface area (Å²) in [6.07, 6.45) is 14.6. The molecule has 228 valence electrons. The van der Waals surface area contributed by atoms with Crippen LogP contribution in [0.2, 0.25) is 0 Å². The zero-order valence-electron chi connectivity index (χ0n) is 24.9. The van der Waals surface area contributed by atoms with E-state index in [0.717, 1.165) is 61.7 Å². The second-order valence-electron chi connectivity index (χ2n) is 12.0. The maximum atomic E-state index is 13.5. The van der Waals surface area contributed by atoms with Crippen LogP contribution in [0, 0.1) is 0 Å². The molecule has 8 heteroatoms. The van der Waals surface area contributed by atoms with Gasteiger partial charge in [0, 0.05) is 44.6 Å². The zero-order valence-corrected chi connectivity index (χ0v) is 24.9. The average molecular weight is 578 g/mol. The van der Waals surface area contributed by atoms with Gasteiger partial charge in [-0.15, -0.1) is 0 Å². The summed E-state index contributed by atoms with van der Waals surface area (Å²) >= 11 is 0. The van der Waals surface area contributed by atoms with Crippen LogP contribution in [0.1, 0.15) is 83.5 Å². The van der Waals surface area contributed by atoms with Crippen LogP contribution in [0.5, 0.6) is 5.75 Å². The molecule has 1 saturated carbocycles. The number of carbonyl (C=O) groups is 2. The fourth-order valence-electron chi connectivity index (χ4n) is 6.29. The van der Waals surface area contributed by atoms with Crippen LogP contribution in [-0.4, -0.2) is 61.4 Å². The monoisotopic (exact) mass is 577 g/mol. The molecule has 2 atom stereocenters. The first kappa shape index (κ1) is 30.5. The second-order valence-corrected chi connectivity index (χ2v) is 12.0. The number of fused-ring (bicyclic) bond motifs is 1. The average Bonchev–Trinajstić information content (AvgIpc) is 3.50. The second kappa shape index (κ2) is 16.1. The molecule has 2 unspecified atom stereocenters. The van der Waals surface area contributed by atoms with Crippen LogP contribution < -0.4 is 15.5 Å². The van der Waals surface area contributed by atoms with Gasteiger partial charge in [0.15, 0.2) is 6.29 Å². The van der Waals surface area contributed by atoms with Gasteiger partial charge in [0.2, 0.25) is 5.91 Å². The van der Waals surface area contributed by atoms with Crippen molar-refractivity contribution >= 4 is 22.6 Å². The van der Waals surface area contributed by atoms with Crippen LogP contribution >= 0.6 is 0 Å². The first-order valence-electron chi connectivity index (χ1n) is 16.1. The van der Waals surface area contributed by atoms with Crippen LogP contribution in [0.25, 0.3) is 10.8 Å². The van der Waals surface area contributed by atoms with Crippen molar-refractivity contribution in [3.05, 3.63) is 54.1 Å². The maximum absolute atomic E-state index is 13.5. The normalized spacial score (nSPS) is 22.2. The van der Waals surface area contributed by atoms with Gasteiger partial charge in [0.25, 0.3) is 5.91 Å². The number of unbranched alkanes of at least 4 members (excludes halogenated alkanes) is 2. The van der Waals surface area contributed by atoms with Crippen molar-refractivity contribution in [3.63, 3.8) is 0 Å². The topological polar surface area (TPSA) is 89.1 Å². The summed E-state index contributed by atoms with van der Waals surface area (Å²) in [6, 6.07) is 15.0. The lowest BCUT2D eigenvalue weighted by molar-refractivity contribution is -0.200. The lowest BCUT2D eigenvalue weighted by atomic mass is 9.94. The number of allylic oxidation sites excluding steroid dienone is 1. The van der Waals surface area contributed by atoms with Crippen molar-refractivity contribution in [1.29, 1.82) is 0 Å². The largest absolute Gasteiger partial charge is 0.489 e. The molecule has 2 aromatic carbocycles. The predicted molar refractivity (Wildman–Crippen MR) is 164 cm³/mol. The Bertz CT molecular complexity index is 1190.